The molecule has 9 nitrogen and oxygen atoms in total. The summed E-state index contributed by atoms with van der Waals surface area (Å²) in [6.07, 6.45) is 4.05. The quantitative estimate of drug-likeness (QED) is 0.519. The zero-order valence-corrected chi connectivity index (χ0v) is 14.2. The predicted octanol–water partition coefficient (Wildman–Crippen LogP) is 2.31. The molecule has 0 radical (unpaired) electrons. The smallest absolute Gasteiger partial charge is 0.438 e. The Bertz CT molecular complexity index is 824. The molecule has 0 spiro atoms. The number of nitro groups is 1. The van der Waals surface area contributed by atoms with E-state index in [0.29, 0.717) is 22.2 Å². The standard InChI is InChI=1S/C16H21N5O4/c1-11-5-3-4-6-14(11)17-15-16(21(23)24)18-19(20(15)22)12-7-9-13(25-2)10-8-12/h7-11,14,22H,3-6H2,1-2H3/t11-,14-/m0/s1. The van der Waals surface area contributed by atoms with Gasteiger partial charge in [-0.05, 0) is 52.7 Å². The first-order valence-electron chi connectivity index (χ1n) is 8.25. The molecular formula is C16H21N5O4. The van der Waals surface area contributed by atoms with Gasteiger partial charge in [0, 0.05) is 0 Å². The van der Waals surface area contributed by atoms with Crippen LogP contribution in [0.2, 0.25) is 0 Å². The number of hydrogen-bond donors (Lipinski definition) is 1. The normalized spacial score (nSPS) is 21.3. The summed E-state index contributed by atoms with van der Waals surface area (Å²) in [7, 11) is 1.54. The number of rotatable bonds is 4. The molecule has 25 heavy (non-hydrogen) atoms. The summed E-state index contributed by atoms with van der Waals surface area (Å²) < 4.78 is 5.09. The molecule has 0 amide bonds. The Hall–Kier alpha value is -2.84. The second kappa shape index (κ2) is 6.96. The zero-order valence-electron chi connectivity index (χ0n) is 14.2. The Morgan fingerprint density at radius 1 is 1.32 bits per heavy atom. The molecule has 1 heterocycles. The summed E-state index contributed by atoms with van der Waals surface area (Å²) in [5.41, 5.74) is 0.337. The first-order chi connectivity index (χ1) is 12.0. The van der Waals surface area contributed by atoms with Crippen molar-refractivity contribution in [2.45, 2.75) is 38.6 Å². The first-order valence-corrected chi connectivity index (χ1v) is 8.25. The molecule has 1 aliphatic rings. The van der Waals surface area contributed by atoms with E-state index in [-0.39, 0.29) is 11.5 Å². The molecule has 0 unspecified atom stereocenters. The van der Waals surface area contributed by atoms with Crippen molar-refractivity contribution in [3.63, 3.8) is 0 Å². The van der Waals surface area contributed by atoms with Crippen LogP contribution in [0.1, 0.15) is 32.6 Å². The van der Waals surface area contributed by atoms with E-state index in [1.807, 2.05) is 0 Å². The van der Waals surface area contributed by atoms with Crippen molar-refractivity contribution in [2.24, 2.45) is 10.9 Å². The summed E-state index contributed by atoms with van der Waals surface area (Å²) >= 11 is 0. The van der Waals surface area contributed by atoms with Crippen molar-refractivity contribution in [3.8, 4) is 11.4 Å². The van der Waals surface area contributed by atoms with E-state index in [0.717, 1.165) is 30.5 Å². The first kappa shape index (κ1) is 17.0. The van der Waals surface area contributed by atoms with Crippen molar-refractivity contribution >= 4 is 5.82 Å². The molecule has 1 fully saturated rings. The van der Waals surface area contributed by atoms with Gasteiger partial charge in [0.2, 0.25) is 0 Å². The number of hydrogen-bond acceptors (Lipinski definition) is 6. The van der Waals surface area contributed by atoms with Gasteiger partial charge < -0.3 is 20.1 Å². The highest BCUT2D eigenvalue weighted by Gasteiger charge is 2.27. The highest BCUT2D eigenvalue weighted by molar-refractivity contribution is 5.36. The van der Waals surface area contributed by atoms with E-state index in [9.17, 15) is 15.3 Å². The van der Waals surface area contributed by atoms with Crippen LogP contribution in [-0.2, 0) is 0 Å². The molecule has 9 heteroatoms. The highest BCUT2D eigenvalue weighted by Crippen LogP contribution is 2.26. The van der Waals surface area contributed by atoms with Crippen LogP contribution in [0, 0.1) is 16.0 Å². The molecule has 0 aliphatic heterocycles. The van der Waals surface area contributed by atoms with Crippen LogP contribution in [0.15, 0.2) is 29.3 Å². The fourth-order valence-corrected chi connectivity index (χ4v) is 3.11. The molecule has 0 saturated heterocycles. The largest absolute Gasteiger partial charge is 0.497 e. The second-order valence-electron chi connectivity index (χ2n) is 6.24. The van der Waals surface area contributed by atoms with Crippen LogP contribution in [-0.4, -0.2) is 38.0 Å². The lowest BCUT2D eigenvalue weighted by atomic mass is 9.86. The van der Waals surface area contributed by atoms with Crippen molar-refractivity contribution in [2.75, 3.05) is 7.11 Å². The Balaban J connectivity index is 2.08. The van der Waals surface area contributed by atoms with E-state index in [4.69, 9.17) is 4.74 Å². The third-order valence-electron chi connectivity index (χ3n) is 4.59. The molecule has 1 N–H and O–H groups in total. The Morgan fingerprint density at radius 2 is 2.00 bits per heavy atom. The van der Waals surface area contributed by atoms with Crippen molar-refractivity contribution in [1.29, 1.82) is 0 Å². The minimum Gasteiger partial charge on any atom is -0.497 e. The molecule has 0 bridgehead atoms. The van der Waals surface area contributed by atoms with E-state index in [1.165, 1.54) is 0 Å². The van der Waals surface area contributed by atoms with E-state index in [2.05, 4.69) is 17.0 Å². The topological polar surface area (TPSA) is 108 Å². The van der Waals surface area contributed by atoms with Crippen LogP contribution in [0.5, 0.6) is 5.75 Å². The van der Waals surface area contributed by atoms with Crippen LogP contribution in [0.3, 0.4) is 0 Å². The van der Waals surface area contributed by atoms with Crippen molar-refractivity contribution in [3.05, 3.63) is 39.9 Å². The van der Waals surface area contributed by atoms with Gasteiger partial charge in [-0.25, -0.2) is 0 Å². The SMILES string of the molecule is COc1ccc(-n2nc([N+](=O)[O-])c(=N[C@H]3CCCC[C@@H]3C)n2O)cc1. The maximum absolute atomic E-state index is 11.4. The summed E-state index contributed by atoms with van der Waals surface area (Å²) in [5.74, 6) is 0.490. The fraction of sp³-hybridized carbons (Fsp3) is 0.500. The van der Waals surface area contributed by atoms with Crippen molar-refractivity contribution < 1.29 is 14.9 Å². The summed E-state index contributed by atoms with van der Waals surface area (Å²) in [5, 5.41) is 25.7. The van der Waals surface area contributed by atoms with Gasteiger partial charge in [-0.15, -0.1) is 0 Å². The number of methoxy groups -OCH3 is 1. The average molecular weight is 347 g/mol. The monoisotopic (exact) mass is 347 g/mol. The second-order valence-corrected chi connectivity index (χ2v) is 6.24. The number of aromatic nitrogens is 3. The van der Waals surface area contributed by atoms with Gasteiger partial charge in [0.25, 0.3) is 5.49 Å². The lowest BCUT2D eigenvalue weighted by molar-refractivity contribution is -0.391. The van der Waals surface area contributed by atoms with Crippen molar-refractivity contribution in [1.82, 2.24) is 14.7 Å². The minimum absolute atomic E-state index is 0.0561. The lowest BCUT2D eigenvalue weighted by Crippen LogP contribution is -2.28. The maximum Gasteiger partial charge on any atom is 0.438 e. The molecule has 134 valence electrons. The molecule has 2 aromatic rings. The Morgan fingerprint density at radius 3 is 2.60 bits per heavy atom. The van der Waals surface area contributed by atoms with Gasteiger partial charge in [0.05, 0.1) is 18.3 Å². The molecule has 3 rings (SSSR count). The van der Waals surface area contributed by atoms with E-state index >= 15 is 0 Å². The van der Waals surface area contributed by atoms with Crippen LogP contribution >= 0.6 is 0 Å². The third-order valence-corrected chi connectivity index (χ3v) is 4.59. The summed E-state index contributed by atoms with van der Waals surface area (Å²) in [4.78, 5) is 16.9. The highest BCUT2D eigenvalue weighted by atomic mass is 16.6. The van der Waals surface area contributed by atoms with Crippen LogP contribution < -0.4 is 10.2 Å². The molecular weight excluding hydrogens is 326 g/mol. The molecule has 1 aromatic heterocycles. The maximum atomic E-state index is 11.4. The summed E-state index contributed by atoms with van der Waals surface area (Å²) in [6.45, 7) is 2.08. The van der Waals surface area contributed by atoms with Gasteiger partial charge in [-0.3, -0.25) is 4.99 Å². The molecule has 1 aromatic carbocycles. The number of ether oxygens (including phenoxy) is 1. The number of benzene rings is 1. The van der Waals surface area contributed by atoms with E-state index < -0.39 is 10.7 Å². The van der Waals surface area contributed by atoms with Gasteiger partial charge >= 0.3 is 5.82 Å². The molecule has 1 saturated carbocycles. The summed E-state index contributed by atoms with van der Waals surface area (Å²) in [6, 6.07) is 6.61. The Kier molecular flexibility index (Phi) is 4.73. The minimum atomic E-state index is -0.626. The van der Waals surface area contributed by atoms with Crippen LogP contribution in [0.25, 0.3) is 5.69 Å². The van der Waals surface area contributed by atoms with E-state index in [1.54, 1.807) is 31.4 Å². The lowest BCUT2D eigenvalue weighted by Gasteiger charge is -2.24. The van der Waals surface area contributed by atoms with Gasteiger partial charge in [0.1, 0.15) is 11.4 Å². The number of nitrogens with zero attached hydrogens (tertiary/aromatic N) is 5. The molecule has 1 aliphatic carbocycles. The van der Waals surface area contributed by atoms with Gasteiger partial charge in [-0.1, -0.05) is 24.6 Å². The van der Waals surface area contributed by atoms with Gasteiger partial charge in [0.15, 0.2) is 0 Å². The predicted molar refractivity (Wildman–Crippen MR) is 88.9 cm³/mol. The average Bonchev–Trinajstić information content (AvgIpc) is 2.94. The molecule has 2 atom stereocenters. The van der Waals surface area contributed by atoms with Gasteiger partial charge in [-0.2, -0.15) is 0 Å². The Labute approximate surface area is 144 Å². The third kappa shape index (κ3) is 3.35. The van der Waals surface area contributed by atoms with Crippen LogP contribution in [0.4, 0.5) is 5.82 Å². The zero-order chi connectivity index (χ0) is 18.0. The fourth-order valence-electron chi connectivity index (χ4n) is 3.11.